The predicted octanol–water partition coefficient (Wildman–Crippen LogP) is 3.86. The fourth-order valence-electron chi connectivity index (χ4n) is 4.46. The number of hydrogen-bond donors (Lipinski definition) is 0. The molecule has 2 fully saturated rings. The molecular weight excluding hydrogens is 361 g/mol. The molecule has 0 amide bonds. The molecule has 1 aromatic rings. The molecule has 3 heteroatoms. The minimum absolute atomic E-state index is 0.0677. The molecule has 132 valence electrons. The number of fused-ring (bicyclic) bond motifs is 1. The number of benzene rings is 1. The second-order valence-electron chi connectivity index (χ2n) is 7.83. The van der Waals surface area contributed by atoms with Crippen LogP contribution in [-0.4, -0.2) is 44.3 Å². The summed E-state index contributed by atoms with van der Waals surface area (Å²) in [7, 11) is 0. The first kappa shape index (κ1) is 18.2. The van der Waals surface area contributed by atoms with Gasteiger partial charge in [0.2, 0.25) is 0 Å². The third-order valence-electron chi connectivity index (χ3n) is 5.87. The van der Waals surface area contributed by atoms with Crippen molar-refractivity contribution in [3.8, 4) is 0 Å². The van der Waals surface area contributed by atoms with Crippen LogP contribution in [0.25, 0.3) is 0 Å². The molecule has 1 heterocycles. The maximum absolute atomic E-state index is 6.48. The first-order valence-electron chi connectivity index (χ1n) is 9.25. The summed E-state index contributed by atoms with van der Waals surface area (Å²) < 4.78 is 7.96. The summed E-state index contributed by atoms with van der Waals surface area (Å²) in [6, 6.07) is 10.9. The average Bonchev–Trinajstić information content (AvgIpc) is 2.57. The molecule has 1 aliphatic heterocycles. The summed E-state index contributed by atoms with van der Waals surface area (Å²) in [4.78, 5) is 2.57. The summed E-state index contributed by atoms with van der Waals surface area (Å²) in [6.45, 7) is 12.4. The normalized spacial score (nSPS) is 33.0. The molecule has 4 atom stereocenters. The summed E-state index contributed by atoms with van der Waals surface area (Å²) in [5, 5.41) is 1.22. The zero-order valence-corrected chi connectivity index (χ0v) is 17.0. The van der Waals surface area contributed by atoms with Gasteiger partial charge in [-0.3, -0.25) is 0 Å². The molecule has 0 unspecified atom stereocenters. The molecule has 0 aromatic heterocycles. The van der Waals surface area contributed by atoms with Crippen molar-refractivity contribution in [3.05, 3.63) is 43.0 Å². The van der Waals surface area contributed by atoms with E-state index in [2.05, 4.69) is 62.6 Å². The molecule has 3 rings (SSSR count). The monoisotopic (exact) mass is 393 g/mol. The number of nitrogens with zero attached hydrogens (tertiary/aromatic N) is 1. The Kier molecular flexibility index (Phi) is 5.87. The van der Waals surface area contributed by atoms with E-state index in [1.54, 1.807) is 0 Å². The van der Waals surface area contributed by atoms with Crippen molar-refractivity contribution in [1.29, 1.82) is 0 Å². The van der Waals surface area contributed by atoms with Crippen LogP contribution in [0.3, 0.4) is 0 Å². The Balaban J connectivity index is 1.67. The van der Waals surface area contributed by atoms with Gasteiger partial charge in [0, 0.05) is 0 Å². The first-order chi connectivity index (χ1) is 11.5. The molecule has 2 aliphatic rings. The van der Waals surface area contributed by atoms with Gasteiger partial charge in [-0.1, -0.05) is 0 Å². The molecule has 1 aliphatic carbocycles. The van der Waals surface area contributed by atoms with Gasteiger partial charge < -0.3 is 0 Å². The van der Waals surface area contributed by atoms with E-state index < -0.39 is 0 Å². The van der Waals surface area contributed by atoms with Crippen molar-refractivity contribution in [2.75, 3.05) is 6.54 Å². The second-order valence-corrected chi connectivity index (χ2v) is 10.3. The van der Waals surface area contributed by atoms with Gasteiger partial charge in [-0.05, 0) is 0 Å². The molecule has 24 heavy (non-hydrogen) atoms. The van der Waals surface area contributed by atoms with Gasteiger partial charge in [0.1, 0.15) is 0 Å². The second kappa shape index (κ2) is 7.74. The van der Waals surface area contributed by atoms with Crippen LogP contribution >= 0.6 is 0 Å². The van der Waals surface area contributed by atoms with Crippen LogP contribution in [0.4, 0.5) is 0 Å². The predicted molar refractivity (Wildman–Crippen MR) is 103 cm³/mol. The van der Waals surface area contributed by atoms with Gasteiger partial charge in [0.25, 0.3) is 0 Å². The standard InChI is InChI=1S/C21H31NOSe/c1-5-20-22(13-14-24-17-9-7-6-8-10-17)21(3,4)18-12-11-16(2)15-19(18)23-20/h5-10,16,18-20H,1,11-15H2,2-4H3/t16-,18-,19-,20+/m1/s1. The van der Waals surface area contributed by atoms with Crippen LogP contribution < -0.4 is 4.46 Å². The van der Waals surface area contributed by atoms with E-state index >= 15 is 0 Å². The summed E-state index contributed by atoms with van der Waals surface area (Å²) in [5.74, 6) is 1.44. The SMILES string of the molecule is C=C[C@@H]1O[C@@H]2C[C@H](C)CC[C@H]2C(C)(C)N1CC[Se]c1ccccc1. The first-order valence-corrected chi connectivity index (χ1v) is 11.3. The van der Waals surface area contributed by atoms with Crippen molar-refractivity contribution in [3.63, 3.8) is 0 Å². The van der Waals surface area contributed by atoms with E-state index in [9.17, 15) is 0 Å². The molecule has 0 bridgehead atoms. The Morgan fingerprint density at radius 2 is 2.04 bits per heavy atom. The Morgan fingerprint density at radius 1 is 1.29 bits per heavy atom. The van der Waals surface area contributed by atoms with Crippen LogP contribution in [-0.2, 0) is 4.74 Å². The third kappa shape index (κ3) is 3.80. The Morgan fingerprint density at radius 3 is 2.75 bits per heavy atom. The van der Waals surface area contributed by atoms with E-state index in [1.165, 1.54) is 29.0 Å². The average molecular weight is 392 g/mol. The van der Waals surface area contributed by atoms with Crippen molar-refractivity contribution in [2.24, 2.45) is 11.8 Å². The Bertz CT molecular complexity index is 544. The van der Waals surface area contributed by atoms with E-state index in [1.807, 2.05) is 6.08 Å². The Labute approximate surface area is 153 Å². The van der Waals surface area contributed by atoms with Gasteiger partial charge in [0.15, 0.2) is 0 Å². The number of hydrogen-bond acceptors (Lipinski definition) is 2. The van der Waals surface area contributed by atoms with E-state index in [-0.39, 0.29) is 11.8 Å². The fourth-order valence-corrected chi connectivity index (χ4v) is 6.29. The summed E-state index contributed by atoms with van der Waals surface area (Å²) in [5.41, 5.74) is 0.189. The molecule has 0 radical (unpaired) electrons. The number of ether oxygens (including phenoxy) is 1. The van der Waals surface area contributed by atoms with Crippen LogP contribution in [0.5, 0.6) is 0 Å². The van der Waals surface area contributed by atoms with Crippen LogP contribution in [0.1, 0.15) is 40.0 Å². The zero-order valence-electron chi connectivity index (χ0n) is 15.3. The Hall–Kier alpha value is -0.601. The summed E-state index contributed by atoms with van der Waals surface area (Å²) >= 11 is 0.529. The van der Waals surface area contributed by atoms with Crippen molar-refractivity contribution in [2.45, 2.75) is 63.2 Å². The molecule has 2 nitrogen and oxygen atoms in total. The molecule has 0 spiro atoms. The zero-order chi connectivity index (χ0) is 17.2. The van der Waals surface area contributed by atoms with Crippen LogP contribution in [0, 0.1) is 11.8 Å². The van der Waals surface area contributed by atoms with Gasteiger partial charge >= 0.3 is 154 Å². The minimum atomic E-state index is 0.0677. The van der Waals surface area contributed by atoms with Crippen molar-refractivity contribution in [1.82, 2.24) is 4.90 Å². The van der Waals surface area contributed by atoms with Crippen LogP contribution in [0.2, 0.25) is 5.32 Å². The van der Waals surface area contributed by atoms with Gasteiger partial charge in [-0.25, -0.2) is 0 Å². The molecular formula is C21H31NOSe. The van der Waals surface area contributed by atoms with Crippen molar-refractivity contribution < 1.29 is 4.74 Å². The quantitative estimate of drug-likeness (QED) is 0.557. The summed E-state index contributed by atoms with van der Waals surface area (Å²) in [6.07, 6.45) is 6.32. The van der Waals surface area contributed by atoms with Crippen LogP contribution in [0.15, 0.2) is 43.0 Å². The molecule has 0 N–H and O–H groups in total. The van der Waals surface area contributed by atoms with E-state index in [0.717, 1.165) is 12.5 Å². The maximum atomic E-state index is 6.48. The molecule has 1 saturated heterocycles. The molecule has 1 saturated carbocycles. The van der Waals surface area contributed by atoms with Gasteiger partial charge in [0.05, 0.1) is 0 Å². The van der Waals surface area contributed by atoms with E-state index in [0.29, 0.717) is 27.0 Å². The fraction of sp³-hybridized carbons (Fsp3) is 0.619. The molecule has 1 aromatic carbocycles. The third-order valence-corrected chi connectivity index (χ3v) is 7.95. The number of rotatable bonds is 5. The van der Waals surface area contributed by atoms with Gasteiger partial charge in [-0.2, -0.15) is 0 Å². The van der Waals surface area contributed by atoms with E-state index in [4.69, 9.17) is 4.74 Å². The van der Waals surface area contributed by atoms with Crippen molar-refractivity contribution >= 4 is 19.4 Å². The topological polar surface area (TPSA) is 12.5 Å². The van der Waals surface area contributed by atoms with Gasteiger partial charge in [-0.15, -0.1) is 0 Å².